The molecule has 0 atom stereocenters. The van der Waals surface area contributed by atoms with E-state index in [0.29, 0.717) is 11.6 Å². The summed E-state index contributed by atoms with van der Waals surface area (Å²) < 4.78 is 22.8. The van der Waals surface area contributed by atoms with Gasteiger partial charge < -0.3 is 13.9 Å². The molecule has 604 valence electrons. The molecule has 24 aromatic rings. The minimum Gasteiger partial charge on any atom is -0.457 e. The number of furan rings is 1. The molecule has 0 unspecified atom stereocenters. The van der Waals surface area contributed by atoms with Gasteiger partial charge in [-0.05, 0) is 134 Å². The highest BCUT2D eigenvalue weighted by atomic mass is 32.1. The SMILES string of the molecule is c1ccc(-c2nc(-c3ccc4c(c3)nc(-c3ccccc3)c3cc5c(cc34)C3(c4ccccc4O5)c4ccccc4-c4ccccc43)cc(-c3cccc4c3sc3ccccc34)n2)cc1.c1ccc(-c2nc(-c3ccc4c(c3)nc(-c3ccccc3)c3cc5c(cc34)C3(c4ccccc4O5)c4ccccc4-c4ccccc43)cc(-c3cccc4oc5ccccc5c34)n2)cc1. The van der Waals surface area contributed by atoms with E-state index in [1.54, 1.807) is 0 Å². The molecule has 0 bridgehead atoms. The summed E-state index contributed by atoms with van der Waals surface area (Å²) in [6.45, 7) is 0. The van der Waals surface area contributed by atoms with Crippen molar-refractivity contribution >= 4 is 96.8 Å². The molecule has 8 heterocycles. The van der Waals surface area contributed by atoms with E-state index < -0.39 is 10.8 Å². The summed E-state index contributed by atoms with van der Waals surface area (Å²) in [6, 6.07) is 150. The van der Waals surface area contributed by atoms with E-state index in [2.05, 4.69) is 364 Å². The minimum absolute atomic E-state index is 0.587. The molecule has 4 aliphatic rings. The zero-order chi connectivity index (χ0) is 85.3. The van der Waals surface area contributed by atoms with Crippen LogP contribution in [0.25, 0.3) is 198 Å². The molecule has 0 radical (unpaired) electrons. The van der Waals surface area contributed by atoms with Crippen molar-refractivity contribution in [2.75, 3.05) is 0 Å². The lowest BCUT2D eigenvalue weighted by molar-refractivity contribution is 0.437. The second-order valence-electron chi connectivity index (χ2n) is 34.0. The molecular formula is C120H70N6O3S. The normalized spacial score (nSPS) is 13.2. The van der Waals surface area contributed by atoms with Crippen molar-refractivity contribution < 1.29 is 13.9 Å². The number of ether oxygens (including phenoxy) is 2. The maximum atomic E-state index is 6.98. The maximum absolute atomic E-state index is 6.98. The van der Waals surface area contributed by atoms with Crippen molar-refractivity contribution in [1.82, 2.24) is 29.9 Å². The lowest BCUT2D eigenvalue weighted by Crippen LogP contribution is -2.32. The fourth-order valence-electron chi connectivity index (χ4n) is 21.5. The number of hydrogen-bond acceptors (Lipinski definition) is 10. The second kappa shape index (κ2) is 28.8. The third-order valence-electron chi connectivity index (χ3n) is 27.1. The third kappa shape index (κ3) is 11.0. The maximum Gasteiger partial charge on any atom is 0.160 e. The summed E-state index contributed by atoms with van der Waals surface area (Å²) in [7, 11) is 0. The van der Waals surface area contributed by atoms with Crippen LogP contribution in [0.1, 0.15) is 44.5 Å². The smallest absolute Gasteiger partial charge is 0.160 e. The number of pyridine rings is 2. The standard InChI is InChI=1S/C60H35N3O2.C60H35N3OS/c1-3-16-36(17-4-1)58-45-34-56-49(60(48-26-12-14-28-54(48)65-56)46-24-10-7-20-39(46)40-21-8-11-25-47(40)60)33-44(45)41-31-30-38(32-51(41)61-58)50-35-52(63-59(62-50)37-18-5-2-6-19-37)42-23-15-29-55-57(42)43-22-9-13-27-53(43)64-55;1-3-16-36(17-4-1)57-46-34-55-50(60(49-27-12-13-28-54(49)64-55)47-25-10-7-20-39(47)40-21-8-11-26-48(40)60)33-45(46)41-31-30-38(32-52(41)61-57)51-35-53(63-59(62-51)37-18-5-2-6-19-37)44-24-15-23-43-42-22-9-14-29-56(42)65-58(43)44/h2*1-35H. The summed E-state index contributed by atoms with van der Waals surface area (Å²) in [5.74, 6) is 4.74. The molecule has 0 saturated carbocycles. The molecule has 2 aliphatic heterocycles. The van der Waals surface area contributed by atoms with Crippen LogP contribution < -0.4 is 9.47 Å². The van der Waals surface area contributed by atoms with Gasteiger partial charge in [0.15, 0.2) is 11.6 Å². The minimum atomic E-state index is -0.595. The van der Waals surface area contributed by atoms with Crippen molar-refractivity contribution in [3.8, 4) is 136 Å². The summed E-state index contributed by atoms with van der Waals surface area (Å²) in [6.07, 6.45) is 0. The van der Waals surface area contributed by atoms with Gasteiger partial charge in [-0.2, -0.15) is 0 Å². The van der Waals surface area contributed by atoms with Gasteiger partial charge in [-0.1, -0.05) is 346 Å². The van der Waals surface area contributed by atoms with Gasteiger partial charge in [0.2, 0.25) is 0 Å². The monoisotopic (exact) mass is 1670 g/mol. The number of benzene rings is 18. The molecule has 0 amide bonds. The van der Waals surface area contributed by atoms with Crippen molar-refractivity contribution in [3.05, 3.63) is 469 Å². The number of fused-ring (bicyclic) bond motifs is 30. The predicted molar refractivity (Wildman–Crippen MR) is 528 cm³/mol. The van der Waals surface area contributed by atoms with Crippen LogP contribution in [0.3, 0.4) is 0 Å². The van der Waals surface area contributed by atoms with Crippen molar-refractivity contribution in [2.45, 2.75) is 10.8 Å². The first-order chi connectivity index (χ1) is 64.4. The van der Waals surface area contributed by atoms with E-state index in [0.717, 1.165) is 189 Å². The largest absolute Gasteiger partial charge is 0.457 e. The molecule has 9 nitrogen and oxygen atoms in total. The van der Waals surface area contributed by atoms with Gasteiger partial charge in [0.05, 0.1) is 56.0 Å². The molecule has 10 heteroatoms. The van der Waals surface area contributed by atoms with Crippen LogP contribution in [-0.2, 0) is 10.8 Å². The van der Waals surface area contributed by atoms with E-state index in [-0.39, 0.29) is 0 Å². The average Bonchev–Trinajstić information content (AvgIpc) is 1.47. The van der Waals surface area contributed by atoms with Gasteiger partial charge in [-0.15, -0.1) is 11.3 Å². The highest BCUT2D eigenvalue weighted by Gasteiger charge is 2.53. The highest BCUT2D eigenvalue weighted by Crippen LogP contribution is 2.65. The van der Waals surface area contributed by atoms with E-state index in [1.807, 2.05) is 72.0 Å². The van der Waals surface area contributed by atoms with Crippen LogP contribution in [0.2, 0.25) is 0 Å². The van der Waals surface area contributed by atoms with E-state index >= 15 is 0 Å². The number of thiophene rings is 1. The Morgan fingerprint density at radius 2 is 0.585 bits per heavy atom. The summed E-state index contributed by atoms with van der Waals surface area (Å²) in [5, 5.41) is 11.0. The Bertz CT molecular complexity index is 8800. The lowest BCUT2D eigenvalue weighted by atomic mass is 9.65. The zero-order valence-corrected chi connectivity index (χ0v) is 70.5. The molecule has 0 N–H and O–H groups in total. The molecule has 0 fully saturated rings. The first-order valence-electron chi connectivity index (χ1n) is 44.0. The van der Waals surface area contributed by atoms with Gasteiger partial charge in [-0.3, -0.25) is 0 Å². The zero-order valence-electron chi connectivity index (χ0n) is 69.7. The molecule has 2 spiro atoms. The summed E-state index contributed by atoms with van der Waals surface area (Å²) in [4.78, 5) is 32.1. The number of rotatable bonds is 8. The molecule has 130 heavy (non-hydrogen) atoms. The van der Waals surface area contributed by atoms with Gasteiger partial charge in [0.1, 0.15) is 34.2 Å². The topological polar surface area (TPSA) is 109 Å². The first kappa shape index (κ1) is 73.4. The molecular weight excluding hydrogens is 1610 g/mol. The Labute approximate surface area is 750 Å². The first-order valence-corrected chi connectivity index (χ1v) is 44.8. The fraction of sp³-hybridized carbons (Fsp3) is 0.0167. The Kier molecular flexibility index (Phi) is 16.3. The van der Waals surface area contributed by atoms with Crippen molar-refractivity contribution in [2.24, 2.45) is 0 Å². The van der Waals surface area contributed by atoms with Crippen LogP contribution >= 0.6 is 11.3 Å². The Morgan fingerprint density at radius 3 is 1.08 bits per heavy atom. The third-order valence-corrected chi connectivity index (χ3v) is 28.3. The van der Waals surface area contributed by atoms with Crippen LogP contribution in [0.5, 0.6) is 23.0 Å². The quantitative estimate of drug-likeness (QED) is 0.137. The Hall–Kier alpha value is -16.9. The molecule has 18 aromatic carbocycles. The van der Waals surface area contributed by atoms with E-state index in [9.17, 15) is 0 Å². The van der Waals surface area contributed by atoms with Gasteiger partial charge in [0.25, 0.3) is 0 Å². The molecule has 0 saturated heterocycles. The highest BCUT2D eigenvalue weighted by molar-refractivity contribution is 7.26. The van der Waals surface area contributed by atoms with E-state index in [4.69, 9.17) is 43.8 Å². The fourth-order valence-corrected chi connectivity index (χ4v) is 22.7. The van der Waals surface area contributed by atoms with Gasteiger partial charge in [0, 0.05) is 119 Å². The number of aromatic nitrogens is 6. The lowest BCUT2D eigenvalue weighted by Gasteiger charge is -2.39. The Balaban J connectivity index is 0.000000134. The summed E-state index contributed by atoms with van der Waals surface area (Å²) in [5.41, 5.74) is 29.9. The predicted octanol–water partition coefficient (Wildman–Crippen LogP) is 30.9. The molecule has 6 aromatic heterocycles. The summed E-state index contributed by atoms with van der Waals surface area (Å²) >= 11 is 1.81. The van der Waals surface area contributed by atoms with Crippen LogP contribution in [0.15, 0.2) is 429 Å². The van der Waals surface area contributed by atoms with Crippen LogP contribution in [-0.4, -0.2) is 29.9 Å². The number of nitrogens with zero attached hydrogens (tertiary/aromatic N) is 6. The van der Waals surface area contributed by atoms with Gasteiger partial charge in [-0.25, -0.2) is 29.9 Å². The molecule has 28 rings (SSSR count). The average molecular weight is 1680 g/mol. The van der Waals surface area contributed by atoms with Crippen LogP contribution in [0.4, 0.5) is 0 Å². The van der Waals surface area contributed by atoms with Crippen molar-refractivity contribution in [1.29, 1.82) is 0 Å². The number of para-hydroxylation sites is 3. The molecule has 2 aliphatic carbocycles. The van der Waals surface area contributed by atoms with Crippen molar-refractivity contribution in [3.63, 3.8) is 0 Å². The van der Waals surface area contributed by atoms with Crippen LogP contribution in [0, 0.1) is 0 Å². The van der Waals surface area contributed by atoms with Gasteiger partial charge >= 0.3 is 0 Å². The van der Waals surface area contributed by atoms with E-state index in [1.165, 1.54) is 64.7 Å². The second-order valence-corrected chi connectivity index (χ2v) is 35.0. The number of hydrogen-bond donors (Lipinski definition) is 0. The Morgan fingerprint density at radius 1 is 0.208 bits per heavy atom.